The number of nitrogens with one attached hydrogen (secondary N) is 1. The van der Waals surface area contributed by atoms with Gasteiger partial charge in [0.1, 0.15) is 29.6 Å². The van der Waals surface area contributed by atoms with Crippen molar-refractivity contribution in [2.45, 2.75) is 6.18 Å². The SMILES string of the molecule is CO/C(=C/C(=O)N(C)C)COc1cc(-n2c(=O)cc(C(F)(F)F)[nH]c2=O)c(F)cc1Cl. The first kappa shape index (κ1) is 24.0. The highest BCUT2D eigenvalue weighted by molar-refractivity contribution is 6.32. The van der Waals surface area contributed by atoms with Crippen LogP contribution in [0.3, 0.4) is 0 Å². The molecule has 0 unspecified atom stereocenters. The second-order valence-electron chi connectivity index (χ2n) is 6.23. The van der Waals surface area contributed by atoms with Gasteiger partial charge in [0.2, 0.25) is 5.91 Å². The third-order valence-electron chi connectivity index (χ3n) is 3.84. The molecule has 13 heteroatoms. The summed E-state index contributed by atoms with van der Waals surface area (Å²) in [5.41, 5.74) is -5.20. The number of rotatable bonds is 6. The summed E-state index contributed by atoms with van der Waals surface area (Å²) < 4.78 is 63.2. The average Bonchev–Trinajstić information content (AvgIpc) is 2.65. The molecule has 0 aliphatic carbocycles. The molecule has 2 aromatic rings. The number of ether oxygens (including phenoxy) is 2. The standard InChI is InChI=1S/C18H16ClF4N3O5/c1-25(2)15(27)4-9(30-3)8-31-13-6-12(11(20)5-10(13)19)26-16(28)7-14(18(21,22)23)24-17(26)29/h4-7H,8H2,1-3H3,(H,24,29)/b9-4+. The Morgan fingerprint density at radius 2 is 1.90 bits per heavy atom. The van der Waals surface area contributed by atoms with E-state index < -0.39 is 40.5 Å². The number of benzene rings is 1. The highest BCUT2D eigenvalue weighted by Gasteiger charge is 2.33. The van der Waals surface area contributed by atoms with E-state index in [0.29, 0.717) is 0 Å². The van der Waals surface area contributed by atoms with Crippen LogP contribution in [0.5, 0.6) is 5.75 Å². The van der Waals surface area contributed by atoms with Crippen LogP contribution in [-0.2, 0) is 15.7 Å². The quantitative estimate of drug-likeness (QED) is 0.401. The van der Waals surface area contributed by atoms with Crippen LogP contribution in [0.2, 0.25) is 5.02 Å². The summed E-state index contributed by atoms with van der Waals surface area (Å²) in [6.45, 7) is -0.334. The summed E-state index contributed by atoms with van der Waals surface area (Å²) in [4.78, 5) is 38.6. The maximum absolute atomic E-state index is 14.4. The summed E-state index contributed by atoms with van der Waals surface area (Å²) in [5.74, 6) is -1.71. The lowest BCUT2D eigenvalue weighted by Crippen LogP contribution is -2.36. The fourth-order valence-corrected chi connectivity index (χ4v) is 2.46. The summed E-state index contributed by atoms with van der Waals surface area (Å²) in [5, 5.41) is -0.257. The van der Waals surface area contributed by atoms with Crippen molar-refractivity contribution in [1.29, 1.82) is 0 Å². The summed E-state index contributed by atoms with van der Waals surface area (Å²) in [7, 11) is 4.29. The average molecular weight is 466 g/mol. The monoisotopic (exact) mass is 465 g/mol. The van der Waals surface area contributed by atoms with Gasteiger partial charge >= 0.3 is 11.9 Å². The van der Waals surface area contributed by atoms with E-state index >= 15 is 0 Å². The van der Waals surface area contributed by atoms with E-state index in [2.05, 4.69) is 0 Å². The number of carbonyl (C=O) groups excluding carboxylic acids is 1. The van der Waals surface area contributed by atoms with Gasteiger partial charge in [-0.15, -0.1) is 0 Å². The van der Waals surface area contributed by atoms with Crippen LogP contribution in [0.15, 0.2) is 39.6 Å². The topological polar surface area (TPSA) is 93.6 Å². The molecule has 0 aliphatic heterocycles. The number of hydrogen-bond acceptors (Lipinski definition) is 5. The minimum Gasteiger partial charge on any atom is -0.497 e. The van der Waals surface area contributed by atoms with Gasteiger partial charge in [-0.25, -0.2) is 13.8 Å². The lowest BCUT2D eigenvalue weighted by molar-refractivity contribution is -0.141. The summed E-state index contributed by atoms with van der Waals surface area (Å²) >= 11 is 5.91. The number of carbonyl (C=O) groups is 1. The van der Waals surface area contributed by atoms with Gasteiger partial charge in [-0.3, -0.25) is 9.59 Å². The summed E-state index contributed by atoms with van der Waals surface area (Å²) in [6.07, 6.45) is -3.85. The molecule has 1 aromatic heterocycles. The molecule has 0 saturated heterocycles. The Morgan fingerprint density at radius 1 is 1.26 bits per heavy atom. The minimum atomic E-state index is -4.98. The normalized spacial score (nSPS) is 11.9. The molecule has 1 heterocycles. The third-order valence-corrected chi connectivity index (χ3v) is 4.13. The molecule has 0 radical (unpaired) electrons. The van der Waals surface area contributed by atoms with Crippen molar-refractivity contribution in [2.24, 2.45) is 0 Å². The first-order valence-corrected chi connectivity index (χ1v) is 8.74. The molecule has 8 nitrogen and oxygen atoms in total. The molecule has 31 heavy (non-hydrogen) atoms. The zero-order valence-electron chi connectivity index (χ0n) is 16.3. The summed E-state index contributed by atoms with van der Waals surface area (Å²) in [6, 6.07) is 1.70. The second kappa shape index (κ2) is 9.25. The first-order valence-electron chi connectivity index (χ1n) is 8.36. The number of methoxy groups -OCH3 is 1. The molecular weight excluding hydrogens is 450 g/mol. The second-order valence-corrected chi connectivity index (χ2v) is 6.64. The van der Waals surface area contributed by atoms with Gasteiger partial charge in [0, 0.05) is 32.3 Å². The van der Waals surface area contributed by atoms with Crippen LogP contribution in [-0.4, -0.2) is 48.2 Å². The number of likely N-dealkylation sites (N-methyl/N-ethyl adjacent to an activating group) is 1. The largest absolute Gasteiger partial charge is 0.497 e. The third kappa shape index (κ3) is 5.66. The first-order chi connectivity index (χ1) is 14.3. The van der Waals surface area contributed by atoms with Gasteiger partial charge < -0.3 is 19.4 Å². The van der Waals surface area contributed by atoms with Crippen molar-refractivity contribution in [3.05, 3.63) is 67.4 Å². The number of nitrogens with zero attached hydrogens (tertiary/aromatic N) is 2. The van der Waals surface area contributed by atoms with Crippen LogP contribution in [0.25, 0.3) is 5.69 Å². The maximum Gasteiger partial charge on any atom is 0.431 e. The number of aromatic amines is 1. The van der Waals surface area contributed by atoms with E-state index in [1.807, 2.05) is 0 Å². The van der Waals surface area contributed by atoms with E-state index in [9.17, 15) is 31.9 Å². The molecule has 2 rings (SSSR count). The molecule has 0 atom stereocenters. The lowest BCUT2D eigenvalue weighted by Gasteiger charge is -2.14. The van der Waals surface area contributed by atoms with E-state index in [1.54, 1.807) is 0 Å². The van der Waals surface area contributed by atoms with Gasteiger partial charge in [0.15, 0.2) is 0 Å². The number of H-pyrrole nitrogens is 1. The van der Waals surface area contributed by atoms with Gasteiger partial charge in [-0.2, -0.15) is 13.2 Å². The van der Waals surface area contributed by atoms with Crippen LogP contribution in [0.1, 0.15) is 5.69 Å². The number of hydrogen-bond donors (Lipinski definition) is 1. The van der Waals surface area contributed by atoms with Gasteiger partial charge in [-0.05, 0) is 6.07 Å². The molecule has 1 N–H and O–H groups in total. The maximum atomic E-state index is 14.4. The van der Waals surface area contributed by atoms with E-state index in [1.165, 1.54) is 31.1 Å². The molecule has 0 spiro atoms. The highest BCUT2D eigenvalue weighted by Crippen LogP contribution is 2.30. The molecule has 0 fully saturated rings. The number of aromatic nitrogens is 2. The van der Waals surface area contributed by atoms with Gasteiger partial charge in [0.25, 0.3) is 5.56 Å². The predicted molar refractivity (Wildman–Crippen MR) is 102 cm³/mol. The number of halogens is 5. The van der Waals surface area contributed by atoms with Crippen molar-refractivity contribution in [1.82, 2.24) is 14.5 Å². The highest BCUT2D eigenvalue weighted by atomic mass is 35.5. The van der Waals surface area contributed by atoms with E-state index in [0.717, 1.165) is 18.2 Å². The van der Waals surface area contributed by atoms with Crippen molar-refractivity contribution >= 4 is 17.5 Å². The Morgan fingerprint density at radius 3 is 2.42 bits per heavy atom. The Kier molecular flexibility index (Phi) is 7.16. The zero-order valence-corrected chi connectivity index (χ0v) is 17.1. The fourth-order valence-electron chi connectivity index (χ4n) is 2.25. The molecule has 168 valence electrons. The predicted octanol–water partition coefficient (Wildman–Crippen LogP) is 2.33. The lowest BCUT2D eigenvalue weighted by atomic mass is 10.2. The molecule has 0 bridgehead atoms. The van der Waals surface area contributed by atoms with E-state index in [-0.39, 0.29) is 33.8 Å². The van der Waals surface area contributed by atoms with Crippen LogP contribution >= 0.6 is 11.6 Å². The van der Waals surface area contributed by atoms with Gasteiger partial charge in [0.05, 0.1) is 17.8 Å². The fraction of sp³-hybridized carbons (Fsp3) is 0.278. The van der Waals surface area contributed by atoms with Crippen LogP contribution < -0.4 is 16.0 Å². The number of amides is 1. The van der Waals surface area contributed by atoms with Gasteiger partial charge in [-0.1, -0.05) is 11.6 Å². The van der Waals surface area contributed by atoms with Crippen LogP contribution in [0.4, 0.5) is 17.6 Å². The molecule has 0 saturated carbocycles. The Hall–Kier alpha value is -3.28. The Labute approximate surface area is 177 Å². The number of alkyl halides is 3. The zero-order chi connectivity index (χ0) is 23.5. The smallest absolute Gasteiger partial charge is 0.431 e. The van der Waals surface area contributed by atoms with Crippen molar-refractivity contribution in [2.75, 3.05) is 27.8 Å². The van der Waals surface area contributed by atoms with Crippen molar-refractivity contribution < 1.29 is 31.8 Å². The molecule has 1 amide bonds. The Balaban J connectivity index is 2.46. The van der Waals surface area contributed by atoms with Crippen molar-refractivity contribution in [3.8, 4) is 11.4 Å². The van der Waals surface area contributed by atoms with Crippen LogP contribution in [0, 0.1) is 5.82 Å². The van der Waals surface area contributed by atoms with E-state index in [4.69, 9.17) is 21.1 Å². The molecule has 0 aliphatic rings. The Bertz CT molecular complexity index is 1110. The minimum absolute atomic E-state index is 0.0742. The molecule has 1 aromatic carbocycles. The molecular formula is C18H16ClF4N3O5. The van der Waals surface area contributed by atoms with Crippen molar-refractivity contribution in [3.63, 3.8) is 0 Å².